The molecule has 7 nitrogen and oxygen atoms in total. The fourth-order valence-electron chi connectivity index (χ4n) is 4.90. The average Bonchev–Trinajstić information content (AvgIpc) is 2.94. The highest BCUT2D eigenvalue weighted by Crippen LogP contribution is 2.40. The zero-order chi connectivity index (χ0) is 27.8. The maximum atomic E-state index is 12.8. The van der Waals surface area contributed by atoms with Gasteiger partial charge in [0.1, 0.15) is 6.61 Å². The number of carbonyl (C=O) groups excluding carboxylic acids is 1. The number of nitrogens with zero attached hydrogens (tertiary/aromatic N) is 1. The molecule has 0 aliphatic carbocycles. The van der Waals surface area contributed by atoms with Gasteiger partial charge in [-0.1, -0.05) is 105 Å². The molecule has 2 atom stereocenters. The number of amides is 1. The lowest BCUT2D eigenvalue weighted by molar-refractivity contribution is -0.147. The van der Waals surface area contributed by atoms with Crippen LogP contribution < -0.4 is 10.4 Å². The predicted octanol–water partition coefficient (Wildman–Crippen LogP) is 4.04. The second-order valence-corrected chi connectivity index (χ2v) is 14.0. The van der Waals surface area contributed by atoms with Crippen molar-refractivity contribution in [1.29, 1.82) is 0 Å². The van der Waals surface area contributed by atoms with Crippen LogP contribution in [0, 0.1) is 0 Å². The Labute approximate surface area is 225 Å². The quantitative estimate of drug-likeness (QED) is 0.340. The number of likely N-dealkylation sites (N-methyl/N-ethyl adjacent to an activating group) is 1. The molecule has 2 N–H and O–H groups in total. The van der Waals surface area contributed by atoms with Crippen LogP contribution in [-0.2, 0) is 20.9 Å². The topological polar surface area (TPSA) is 96.3 Å². The highest BCUT2D eigenvalue weighted by Gasteiger charge is 2.50. The van der Waals surface area contributed by atoms with Crippen molar-refractivity contribution < 1.29 is 29.0 Å². The molecule has 0 spiro atoms. The highest BCUT2D eigenvalue weighted by molar-refractivity contribution is 6.98. The van der Waals surface area contributed by atoms with E-state index in [2.05, 4.69) is 0 Å². The summed E-state index contributed by atoms with van der Waals surface area (Å²) in [6.45, 7) is 4.06. The van der Waals surface area contributed by atoms with Crippen LogP contribution in [0.25, 0.3) is 0 Å². The predicted molar refractivity (Wildman–Crippen MR) is 150 cm³/mol. The van der Waals surface area contributed by atoms with Crippen molar-refractivity contribution in [3.63, 3.8) is 0 Å². The number of hydrogen-bond donors (Lipinski definition) is 2. The summed E-state index contributed by atoms with van der Waals surface area (Å²) in [7, 11) is -0.434. The van der Waals surface area contributed by atoms with Crippen LogP contribution in [0.15, 0.2) is 91.0 Å². The normalized spacial score (nSPS) is 13.4. The van der Waals surface area contributed by atoms with Crippen LogP contribution in [0.2, 0.25) is 5.04 Å². The molecule has 0 aliphatic heterocycles. The first-order valence-corrected chi connectivity index (χ1v) is 14.6. The van der Waals surface area contributed by atoms with Crippen molar-refractivity contribution in [1.82, 2.24) is 4.90 Å². The van der Waals surface area contributed by atoms with Gasteiger partial charge in [0.2, 0.25) is 0 Å². The number of ether oxygens (including phenoxy) is 2. The van der Waals surface area contributed by atoms with Gasteiger partial charge in [-0.2, -0.15) is 0 Å². The van der Waals surface area contributed by atoms with Crippen molar-refractivity contribution >= 4 is 30.8 Å². The SMILES string of the molecule is CO[C@@H](CCC(C)(C)[Si](O)(c1ccccc1)c1ccccc1)[C@@H](C(=O)O)N(C)C(=O)OCc1ccccc1. The maximum absolute atomic E-state index is 12.8. The van der Waals surface area contributed by atoms with E-state index in [1.165, 1.54) is 14.2 Å². The third-order valence-electron chi connectivity index (χ3n) is 7.23. The Kier molecular flexibility index (Phi) is 9.85. The summed E-state index contributed by atoms with van der Waals surface area (Å²) in [5.74, 6) is -1.19. The van der Waals surface area contributed by atoms with E-state index in [4.69, 9.17) is 9.47 Å². The fraction of sp³-hybridized carbons (Fsp3) is 0.333. The molecule has 0 fully saturated rings. The van der Waals surface area contributed by atoms with Crippen molar-refractivity contribution in [3.8, 4) is 0 Å². The van der Waals surface area contributed by atoms with Gasteiger partial charge in [-0.3, -0.25) is 4.90 Å². The number of benzene rings is 3. The largest absolute Gasteiger partial charge is 0.480 e. The van der Waals surface area contributed by atoms with Gasteiger partial charge in [-0.05, 0) is 33.8 Å². The molecule has 3 aromatic rings. The molecule has 202 valence electrons. The van der Waals surface area contributed by atoms with E-state index in [1.807, 2.05) is 105 Å². The monoisotopic (exact) mass is 535 g/mol. The van der Waals surface area contributed by atoms with E-state index < -0.39 is 37.6 Å². The van der Waals surface area contributed by atoms with E-state index >= 15 is 0 Å². The maximum Gasteiger partial charge on any atom is 0.410 e. The van der Waals surface area contributed by atoms with Crippen LogP contribution in [0.5, 0.6) is 0 Å². The van der Waals surface area contributed by atoms with Gasteiger partial charge >= 0.3 is 12.1 Å². The number of carboxylic acids is 1. The molecule has 0 radical (unpaired) electrons. The van der Waals surface area contributed by atoms with Crippen LogP contribution >= 0.6 is 0 Å². The molecule has 0 unspecified atom stereocenters. The van der Waals surface area contributed by atoms with Gasteiger partial charge in [0.05, 0.1) is 6.10 Å². The first kappa shape index (κ1) is 29.1. The second kappa shape index (κ2) is 12.9. The van der Waals surface area contributed by atoms with E-state index in [-0.39, 0.29) is 6.61 Å². The number of carboxylic acid groups (broad SMARTS) is 1. The van der Waals surface area contributed by atoms with Crippen molar-refractivity contribution in [2.45, 2.75) is 50.5 Å². The minimum atomic E-state index is -3.28. The molecule has 0 aliphatic rings. The smallest absolute Gasteiger partial charge is 0.410 e. The van der Waals surface area contributed by atoms with Gasteiger partial charge in [0, 0.05) is 14.2 Å². The van der Waals surface area contributed by atoms with Gasteiger partial charge in [-0.25, -0.2) is 9.59 Å². The van der Waals surface area contributed by atoms with Crippen molar-refractivity contribution in [3.05, 3.63) is 96.6 Å². The van der Waals surface area contributed by atoms with Gasteiger partial charge in [0.15, 0.2) is 6.04 Å². The molecule has 0 saturated heterocycles. The Bertz CT molecular complexity index is 1130. The minimum Gasteiger partial charge on any atom is -0.480 e. The molecule has 3 aromatic carbocycles. The van der Waals surface area contributed by atoms with Gasteiger partial charge in [0.25, 0.3) is 8.32 Å². The first-order valence-electron chi connectivity index (χ1n) is 12.6. The van der Waals surface area contributed by atoms with Gasteiger partial charge < -0.3 is 19.4 Å². The highest BCUT2D eigenvalue weighted by atomic mass is 28.4. The third kappa shape index (κ3) is 6.50. The van der Waals surface area contributed by atoms with E-state index in [1.54, 1.807) is 0 Å². The van der Waals surface area contributed by atoms with Crippen molar-refractivity contribution in [2.75, 3.05) is 14.2 Å². The summed E-state index contributed by atoms with van der Waals surface area (Å²) < 4.78 is 11.0. The molecule has 0 bridgehead atoms. The van der Waals surface area contributed by atoms with Crippen LogP contribution in [0.3, 0.4) is 0 Å². The lowest BCUT2D eigenvalue weighted by Gasteiger charge is -2.42. The molecule has 1 amide bonds. The lowest BCUT2D eigenvalue weighted by Crippen LogP contribution is -2.65. The summed E-state index contributed by atoms with van der Waals surface area (Å²) in [6.07, 6.45) is -0.784. The Morgan fingerprint density at radius 1 is 0.895 bits per heavy atom. The molecular formula is C30H37NO6Si. The number of hydrogen-bond acceptors (Lipinski definition) is 5. The van der Waals surface area contributed by atoms with Crippen LogP contribution in [-0.4, -0.2) is 61.5 Å². The number of rotatable bonds is 12. The zero-order valence-electron chi connectivity index (χ0n) is 22.4. The summed E-state index contributed by atoms with van der Waals surface area (Å²) >= 11 is 0. The summed E-state index contributed by atoms with van der Waals surface area (Å²) in [5.41, 5.74) is 0.803. The Morgan fingerprint density at radius 2 is 1.37 bits per heavy atom. The Balaban J connectivity index is 1.80. The number of aliphatic carboxylic acids is 1. The molecule has 0 heterocycles. The Morgan fingerprint density at radius 3 is 1.82 bits per heavy atom. The lowest BCUT2D eigenvalue weighted by atomic mass is 9.98. The van der Waals surface area contributed by atoms with Crippen molar-refractivity contribution in [2.24, 2.45) is 0 Å². The first-order chi connectivity index (χ1) is 18.1. The second-order valence-electron chi connectivity index (χ2n) is 10.1. The zero-order valence-corrected chi connectivity index (χ0v) is 23.4. The van der Waals surface area contributed by atoms with E-state index in [0.717, 1.165) is 20.8 Å². The fourth-order valence-corrected chi connectivity index (χ4v) is 8.66. The average molecular weight is 536 g/mol. The Hall–Kier alpha value is -3.46. The molecule has 38 heavy (non-hydrogen) atoms. The van der Waals surface area contributed by atoms with Gasteiger partial charge in [-0.15, -0.1) is 0 Å². The van der Waals surface area contributed by atoms with E-state index in [0.29, 0.717) is 12.8 Å². The number of carbonyl (C=O) groups is 2. The van der Waals surface area contributed by atoms with Crippen LogP contribution in [0.1, 0.15) is 32.3 Å². The third-order valence-corrected chi connectivity index (χ3v) is 11.8. The number of methoxy groups -OCH3 is 1. The minimum absolute atomic E-state index is 0.0355. The standard InChI is InChI=1S/C30H37NO6Si/c1-30(2,38(35,24-16-10-6-11-17-24)25-18-12-7-13-19-25)21-20-26(36-4)27(28(32)33)31(3)29(34)37-22-23-14-8-5-9-15-23/h5-19,26-27,35H,20-22H2,1-4H3,(H,32,33)/t26-,27-/m0/s1. The summed E-state index contributed by atoms with van der Waals surface area (Å²) in [4.78, 5) is 38.5. The van der Waals surface area contributed by atoms with E-state index in [9.17, 15) is 19.5 Å². The molecule has 0 saturated carbocycles. The van der Waals surface area contributed by atoms with Crippen LogP contribution in [0.4, 0.5) is 4.79 Å². The summed E-state index contributed by atoms with van der Waals surface area (Å²) in [6, 6.07) is 27.2. The molecular weight excluding hydrogens is 498 g/mol. The summed E-state index contributed by atoms with van der Waals surface area (Å²) in [5, 5.41) is 11.2. The molecule has 8 heteroatoms. The molecule has 0 aromatic heterocycles. The molecule has 3 rings (SSSR count).